The van der Waals surface area contributed by atoms with E-state index in [-0.39, 0.29) is 30.7 Å². The number of amides is 2. The Bertz CT molecular complexity index is 1190. The fourth-order valence-electron chi connectivity index (χ4n) is 4.18. The number of carboxylic acids is 1. The number of carbonyl (C=O) groups excluding carboxylic acids is 2. The van der Waals surface area contributed by atoms with Crippen LogP contribution in [0.4, 0.5) is 10.7 Å². The highest BCUT2D eigenvalue weighted by molar-refractivity contribution is 5.95. The lowest BCUT2D eigenvalue weighted by molar-refractivity contribution is -0.144. The van der Waals surface area contributed by atoms with Gasteiger partial charge < -0.3 is 15.2 Å². The fourth-order valence-corrected chi connectivity index (χ4v) is 4.18. The maximum atomic E-state index is 12.4. The number of aliphatic carboxylic acids is 1. The molecule has 2 aromatic carbocycles. The van der Waals surface area contributed by atoms with Crippen LogP contribution in [-0.4, -0.2) is 50.4 Å². The van der Waals surface area contributed by atoms with Gasteiger partial charge in [-0.2, -0.15) is 4.98 Å². The van der Waals surface area contributed by atoms with Gasteiger partial charge in [0.1, 0.15) is 12.1 Å². The smallest absolute Gasteiger partial charge is 0.414 e. The minimum absolute atomic E-state index is 0.0982. The monoisotopic (exact) mass is 463 g/mol. The predicted molar refractivity (Wildman–Crippen MR) is 123 cm³/mol. The Morgan fingerprint density at radius 3 is 2.29 bits per heavy atom. The molecule has 0 radical (unpaired) electrons. The van der Waals surface area contributed by atoms with Gasteiger partial charge in [0.15, 0.2) is 0 Å². The quantitative estimate of drug-likeness (QED) is 0.399. The first kappa shape index (κ1) is 23.0. The van der Waals surface area contributed by atoms with Gasteiger partial charge in [0.25, 0.3) is 11.9 Å². The number of hydrogen-bond donors (Lipinski definition) is 4. The number of ether oxygens (including phenoxy) is 1. The second-order valence-corrected chi connectivity index (χ2v) is 8.30. The Morgan fingerprint density at radius 2 is 1.71 bits per heavy atom. The highest BCUT2D eigenvalue weighted by Crippen LogP contribution is 2.44. The van der Waals surface area contributed by atoms with Crippen molar-refractivity contribution in [2.75, 3.05) is 11.9 Å². The number of nitrogens with zero attached hydrogens (tertiary/aromatic N) is 2. The highest BCUT2D eigenvalue weighted by Gasteiger charge is 2.35. The van der Waals surface area contributed by atoms with Crippen molar-refractivity contribution in [1.82, 2.24) is 20.5 Å². The van der Waals surface area contributed by atoms with Crippen molar-refractivity contribution >= 4 is 23.9 Å². The molecule has 1 aliphatic rings. The molecular weight excluding hydrogens is 438 g/mol. The SMILES string of the molecule is CCCC(C)(NC(=O)c1nc(NC(=O)OCC2c3ccccc3-c3ccccc32)n[nH]1)C(=O)O. The molecule has 4 rings (SSSR count). The lowest BCUT2D eigenvalue weighted by Gasteiger charge is -2.24. The second-order valence-electron chi connectivity index (χ2n) is 8.30. The van der Waals surface area contributed by atoms with E-state index in [9.17, 15) is 19.5 Å². The van der Waals surface area contributed by atoms with E-state index in [1.165, 1.54) is 6.92 Å². The largest absolute Gasteiger partial charge is 0.480 e. The zero-order chi connectivity index (χ0) is 24.3. The predicted octanol–water partition coefficient (Wildman–Crippen LogP) is 3.54. The first-order chi connectivity index (χ1) is 16.3. The minimum atomic E-state index is -1.45. The molecular formula is C24H25N5O5. The van der Waals surface area contributed by atoms with Crippen LogP contribution in [0.5, 0.6) is 0 Å². The van der Waals surface area contributed by atoms with Crippen LogP contribution in [0.2, 0.25) is 0 Å². The molecule has 1 aliphatic carbocycles. The van der Waals surface area contributed by atoms with E-state index in [2.05, 4.69) is 25.8 Å². The molecule has 176 valence electrons. The molecule has 0 spiro atoms. The molecule has 0 saturated carbocycles. The molecule has 10 heteroatoms. The van der Waals surface area contributed by atoms with Gasteiger partial charge in [0.05, 0.1) is 0 Å². The number of fused-ring (bicyclic) bond motifs is 3. The molecule has 2 amide bonds. The zero-order valence-corrected chi connectivity index (χ0v) is 18.8. The summed E-state index contributed by atoms with van der Waals surface area (Å²) < 4.78 is 5.44. The molecule has 1 atom stereocenters. The van der Waals surface area contributed by atoms with Crippen molar-refractivity contribution in [2.24, 2.45) is 0 Å². The summed E-state index contributed by atoms with van der Waals surface area (Å²) in [6.07, 6.45) is 0.0374. The van der Waals surface area contributed by atoms with E-state index in [0.717, 1.165) is 22.3 Å². The van der Waals surface area contributed by atoms with Crippen molar-refractivity contribution in [2.45, 2.75) is 38.1 Å². The number of aromatic amines is 1. The van der Waals surface area contributed by atoms with Crippen LogP contribution in [0, 0.1) is 0 Å². The van der Waals surface area contributed by atoms with Gasteiger partial charge in [-0.1, -0.05) is 61.9 Å². The Balaban J connectivity index is 1.38. The molecule has 1 heterocycles. The number of hydrogen-bond acceptors (Lipinski definition) is 6. The number of benzene rings is 2. The maximum absolute atomic E-state index is 12.4. The molecule has 0 saturated heterocycles. The normalized spacial score (nSPS) is 13.9. The highest BCUT2D eigenvalue weighted by atomic mass is 16.5. The van der Waals surface area contributed by atoms with Crippen LogP contribution in [0.15, 0.2) is 48.5 Å². The third kappa shape index (κ3) is 4.47. The van der Waals surface area contributed by atoms with Crippen LogP contribution < -0.4 is 10.6 Å². The van der Waals surface area contributed by atoms with Gasteiger partial charge in [-0.3, -0.25) is 15.2 Å². The van der Waals surface area contributed by atoms with E-state index in [4.69, 9.17) is 4.74 Å². The summed E-state index contributed by atoms with van der Waals surface area (Å²) >= 11 is 0. The van der Waals surface area contributed by atoms with Crippen molar-refractivity contribution in [3.63, 3.8) is 0 Å². The fraction of sp³-hybridized carbons (Fsp3) is 0.292. The third-order valence-electron chi connectivity index (χ3n) is 5.87. The van der Waals surface area contributed by atoms with Crippen molar-refractivity contribution in [3.05, 3.63) is 65.5 Å². The summed E-state index contributed by atoms with van der Waals surface area (Å²) in [5.41, 5.74) is 2.96. The molecule has 0 bridgehead atoms. The molecule has 4 N–H and O–H groups in total. The Hall–Kier alpha value is -4.21. The average Bonchev–Trinajstić information content (AvgIpc) is 3.40. The number of aromatic nitrogens is 3. The van der Waals surface area contributed by atoms with Crippen LogP contribution in [-0.2, 0) is 9.53 Å². The molecule has 0 fully saturated rings. The van der Waals surface area contributed by atoms with Gasteiger partial charge in [-0.15, -0.1) is 5.10 Å². The average molecular weight is 463 g/mol. The standard InChI is InChI=1S/C24H25N5O5/c1-3-12-24(2,21(31)32)27-20(30)19-25-22(29-28-19)26-23(33)34-13-18-16-10-6-4-8-14(16)15-9-5-7-11-17(15)18/h4-11,18H,3,12-13H2,1-2H3,(H,27,30)(H,31,32)(H2,25,26,28,29,33). The minimum Gasteiger partial charge on any atom is -0.480 e. The van der Waals surface area contributed by atoms with Gasteiger partial charge in [-0.05, 0) is 35.6 Å². The number of anilines is 1. The lowest BCUT2D eigenvalue weighted by Crippen LogP contribution is -2.52. The Labute approximate surface area is 195 Å². The number of carbonyl (C=O) groups is 3. The van der Waals surface area contributed by atoms with Crippen molar-refractivity contribution in [1.29, 1.82) is 0 Å². The Kier molecular flexibility index (Phi) is 6.31. The first-order valence-corrected chi connectivity index (χ1v) is 10.9. The number of rotatable bonds is 8. The summed E-state index contributed by atoms with van der Waals surface area (Å²) in [5.74, 6) is -2.38. The molecule has 10 nitrogen and oxygen atoms in total. The second kappa shape index (κ2) is 9.34. The van der Waals surface area contributed by atoms with E-state index in [0.29, 0.717) is 6.42 Å². The number of nitrogens with one attached hydrogen (secondary N) is 3. The molecule has 0 aliphatic heterocycles. The van der Waals surface area contributed by atoms with Crippen LogP contribution >= 0.6 is 0 Å². The molecule has 34 heavy (non-hydrogen) atoms. The summed E-state index contributed by atoms with van der Waals surface area (Å²) in [6, 6.07) is 16.0. The van der Waals surface area contributed by atoms with Crippen LogP contribution in [0.3, 0.4) is 0 Å². The summed E-state index contributed by atoms with van der Waals surface area (Å²) in [5, 5.41) is 20.4. The number of carboxylic acid groups (broad SMARTS) is 1. The number of H-pyrrole nitrogens is 1. The van der Waals surface area contributed by atoms with E-state index in [1.54, 1.807) is 0 Å². The van der Waals surface area contributed by atoms with Crippen molar-refractivity contribution in [3.8, 4) is 11.1 Å². The molecule has 1 aromatic heterocycles. The summed E-state index contributed by atoms with van der Waals surface area (Å²) in [6.45, 7) is 3.35. The van der Waals surface area contributed by atoms with Gasteiger partial charge in [0, 0.05) is 5.92 Å². The van der Waals surface area contributed by atoms with Gasteiger partial charge in [0.2, 0.25) is 5.82 Å². The van der Waals surface area contributed by atoms with E-state index in [1.807, 2.05) is 55.5 Å². The van der Waals surface area contributed by atoms with Gasteiger partial charge in [-0.25, -0.2) is 9.59 Å². The Morgan fingerprint density at radius 1 is 1.09 bits per heavy atom. The summed E-state index contributed by atoms with van der Waals surface area (Å²) in [7, 11) is 0. The maximum Gasteiger partial charge on any atom is 0.414 e. The van der Waals surface area contributed by atoms with Gasteiger partial charge >= 0.3 is 12.1 Å². The van der Waals surface area contributed by atoms with Crippen LogP contribution in [0.1, 0.15) is 54.4 Å². The molecule has 3 aromatic rings. The third-order valence-corrected chi connectivity index (χ3v) is 5.87. The first-order valence-electron chi connectivity index (χ1n) is 10.9. The molecule has 1 unspecified atom stereocenters. The van der Waals surface area contributed by atoms with E-state index >= 15 is 0 Å². The van der Waals surface area contributed by atoms with E-state index < -0.39 is 23.5 Å². The topological polar surface area (TPSA) is 146 Å². The summed E-state index contributed by atoms with van der Waals surface area (Å²) in [4.78, 5) is 40.2. The van der Waals surface area contributed by atoms with Crippen molar-refractivity contribution < 1.29 is 24.2 Å². The lowest BCUT2D eigenvalue weighted by atomic mass is 9.96. The zero-order valence-electron chi connectivity index (χ0n) is 18.8. The van der Waals surface area contributed by atoms with Crippen LogP contribution in [0.25, 0.3) is 11.1 Å².